The van der Waals surface area contributed by atoms with E-state index in [-0.39, 0.29) is 5.78 Å². The zero-order valence-corrected chi connectivity index (χ0v) is 11.7. The number of carbonyl (C=O) groups is 2. The largest absolute Gasteiger partial charge is 0.383 e. The summed E-state index contributed by atoms with van der Waals surface area (Å²) in [6.45, 7) is 1.77. The van der Waals surface area contributed by atoms with Crippen molar-refractivity contribution in [1.82, 2.24) is 0 Å². The van der Waals surface area contributed by atoms with Crippen LogP contribution in [0.5, 0.6) is 0 Å². The minimum absolute atomic E-state index is 0.223. The molecule has 0 aromatic heterocycles. The van der Waals surface area contributed by atoms with E-state index < -0.39 is 11.9 Å². The summed E-state index contributed by atoms with van der Waals surface area (Å²) in [6.07, 6.45) is 0.416. The number of carbonyl (C=O) groups excluding carboxylic acids is 2. The van der Waals surface area contributed by atoms with E-state index in [4.69, 9.17) is 0 Å². The molecule has 1 unspecified atom stereocenters. The van der Waals surface area contributed by atoms with Gasteiger partial charge in [0, 0.05) is 10.0 Å². The molecule has 0 saturated carbocycles. The van der Waals surface area contributed by atoms with Crippen molar-refractivity contribution in [2.45, 2.75) is 13.3 Å². The van der Waals surface area contributed by atoms with Crippen molar-refractivity contribution in [1.29, 1.82) is 0 Å². The average Bonchev–Trinajstić information content (AvgIpc) is 2.30. The maximum Gasteiger partial charge on any atom is 0.328 e. The topological polar surface area (TPSA) is 43.4 Å². The normalized spacial score (nSPS) is 11.9. The number of hydrogen-bond donors (Lipinski definition) is 0. The molecule has 0 radical (unpaired) electrons. The van der Waals surface area contributed by atoms with Gasteiger partial charge in [0.15, 0.2) is 22.0 Å². The maximum atomic E-state index is 12.0. The number of rotatable bonds is 4. The monoisotopic (exact) mass is 348 g/mol. The Morgan fingerprint density at radius 2 is 1.88 bits per heavy atom. The van der Waals surface area contributed by atoms with Gasteiger partial charge in [-0.3, -0.25) is 9.59 Å². The summed E-state index contributed by atoms with van der Waals surface area (Å²) < 4.78 is 5.30. The van der Waals surface area contributed by atoms with E-state index >= 15 is 0 Å². The third-order valence-corrected chi connectivity index (χ3v) is 3.06. The number of ketones is 1. The van der Waals surface area contributed by atoms with Crippen LogP contribution in [0.25, 0.3) is 0 Å². The first-order valence-corrected chi connectivity index (χ1v) is 6.16. The zero-order chi connectivity index (χ0) is 12.1. The maximum absolute atomic E-state index is 12.0. The minimum atomic E-state index is -0.749. The molecule has 0 heterocycles. The summed E-state index contributed by atoms with van der Waals surface area (Å²) in [5, 5.41) is 0. The summed E-state index contributed by atoms with van der Waals surface area (Å²) in [5.74, 6) is -1.53. The lowest BCUT2D eigenvalue weighted by Crippen LogP contribution is -2.23. The van der Waals surface area contributed by atoms with Crippen molar-refractivity contribution >= 4 is 43.9 Å². The van der Waals surface area contributed by atoms with Gasteiger partial charge in [-0.2, -0.15) is 0 Å². The lowest BCUT2D eigenvalue weighted by atomic mass is 9.95. The van der Waals surface area contributed by atoms with Crippen LogP contribution in [-0.4, -0.2) is 11.8 Å². The average molecular weight is 350 g/mol. The molecule has 0 bridgehead atoms. The molecular weight excluding hydrogens is 340 g/mol. The molecule has 0 aliphatic heterocycles. The van der Waals surface area contributed by atoms with Crippen LogP contribution >= 0.6 is 32.2 Å². The van der Waals surface area contributed by atoms with Gasteiger partial charge in [0.05, 0.1) is 0 Å². The first-order chi connectivity index (χ1) is 7.60. The van der Waals surface area contributed by atoms with E-state index in [1.807, 2.05) is 0 Å². The van der Waals surface area contributed by atoms with Gasteiger partial charge < -0.3 is 3.83 Å². The van der Waals surface area contributed by atoms with Crippen LogP contribution in [-0.2, 0) is 8.62 Å². The Balaban J connectivity index is 2.91. The second-order valence-electron chi connectivity index (χ2n) is 3.23. The number of Topliss-reactive ketones (excluding diaryl/α,β-unsaturated/α-hetero) is 1. The molecule has 0 spiro atoms. The molecule has 0 saturated heterocycles. The van der Waals surface area contributed by atoms with Crippen LogP contribution in [0, 0.1) is 5.92 Å². The molecule has 5 heteroatoms. The summed E-state index contributed by atoms with van der Waals surface area (Å²) >= 11 is 5.88. The van der Waals surface area contributed by atoms with Gasteiger partial charge in [-0.1, -0.05) is 35.0 Å². The van der Waals surface area contributed by atoms with E-state index in [1.165, 1.54) is 0 Å². The fourth-order valence-corrected chi connectivity index (χ4v) is 1.82. The van der Waals surface area contributed by atoms with Gasteiger partial charge in [0.1, 0.15) is 5.92 Å². The first-order valence-electron chi connectivity index (χ1n) is 4.72. The second-order valence-corrected chi connectivity index (χ2v) is 4.47. The third kappa shape index (κ3) is 3.15. The molecule has 0 fully saturated rings. The van der Waals surface area contributed by atoms with Gasteiger partial charge >= 0.3 is 5.97 Å². The molecule has 1 rings (SSSR count). The SMILES string of the molecule is CCC(C(=O)OBr)C(=O)c1ccc(Br)cc1. The predicted molar refractivity (Wildman–Crippen MR) is 67.3 cm³/mol. The van der Waals surface area contributed by atoms with Gasteiger partial charge in [-0.05, 0) is 18.6 Å². The second kappa shape index (κ2) is 6.15. The number of hydrogen-bond acceptors (Lipinski definition) is 3. The Bertz CT molecular complexity index is 387. The molecule has 0 aliphatic carbocycles. The molecular formula is C11H10Br2O3. The van der Waals surface area contributed by atoms with Gasteiger partial charge in [0.25, 0.3) is 0 Å². The number of benzene rings is 1. The van der Waals surface area contributed by atoms with Crippen molar-refractivity contribution < 1.29 is 13.4 Å². The van der Waals surface area contributed by atoms with Gasteiger partial charge in [0.2, 0.25) is 0 Å². The molecule has 1 atom stereocenters. The highest BCUT2D eigenvalue weighted by molar-refractivity contribution is 9.10. The first kappa shape index (κ1) is 13.4. The highest BCUT2D eigenvalue weighted by Crippen LogP contribution is 2.17. The zero-order valence-electron chi connectivity index (χ0n) is 8.57. The molecule has 0 amide bonds. The molecule has 86 valence electrons. The smallest absolute Gasteiger partial charge is 0.328 e. The van der Waals surface area contributed by atoms with Crippen molar-refractivity contribution in [3.05, 3.63) is 34.3 Å². The van der Waals surface area contributed by atoms with Crippen LogP contribution in [0.2, 0.25) is 0 Å². The van der Waals surface area contributed by atoms with Crippen molar-refractivity contribution in [3.63, 3.8) is 0 Å². The fourth-order valence-electron chi connectivity index (χ4n) is 1.33. The van der Waals surface area contributed by atoms with E-state index in [9.17, 15) is 9.59 Å². The van der Waals surface area contributed by atoms with E-state index in [0.717, 1.165) is 4.47 Å². The third-order valence-electron chi connectivity index (χ3n) is 2.21. The van der Waals surface area contributed by atoms with Crippen LogP contribution in [0.1, 0.15) is 23.7 Å². The Labute approximate surface area is 111 Å². The lowest BCUT2D eigenvalue weighted by molar-refractivity contribution is -0.135. The van der Waals surface area contributed by atoms with Gasteiger partial charge in [-0.15, -0.1) is 0 Å². The van der Waals surface area contributed by atoms with Crippen LogP contribution in [0.15, 0.2) is 28.7 Å². The summed E-state index contributed by atoms with van der Waals surface area (Å²) in [6, 6.07) is 6.88. The van der Waals surface area contributed by atoms with Gasteiger partial charge in [-0.25, -0.2) is 0 Å². The van der Waals surface area contributed by atoms with Crippen LogP contribution in [0.3, 0.4) is 0 Å². The van der Waals surface area contributed by atoms with Crippen LogP contribution in [0.4, 0.5) is 0 Å². The molecule has 3 nitrogen and oxygen atoms in total. The van der Waals surface area contributed by atoms with Crippen LogP contribution < -0.4 is 0 Å². The van der Waals surface area contributed by atoms with Crippen molar-refractivity contribution in [3.8, 4) is 0 Å². The number of halogens is 2. The standard InChI is InChI=1S/C11H10Br2O3/c1-2-9(11(15)16-13)10(14)7-3-5-8(12)6-4-7/h3-6,9H,2H2,1H3. The molecule has 1 aromatic carbocycles. The fraction of sp³-hybridized carbons (Fsp3) is 0.273. The Kier molecular flexibility index (Phi) is 5.15. The van der Waals surface area contributed by atoms with E-state index in [2.05, 4.69) is 36.0 Å². The van der Waals surface area contributed by atoms with E-state index in [0.29, 0.717) is 12.0 Å². The molecule has 1 aromatic rings. The molecule has 16 heavy (non-hydrogen) atoms. The summed E-state index contributed by atoms with van der Waals surface area (Å²) in [7, 11) is 0. The Morgan fingerprint density at radius 1 is 1.31 bits per heavy atom. The molecule has 0 aliphatic rings. The predicted octanol–water partition coefficient (Wildman–Crippen LogP) is 3.51. The highest BCUT2D eigenvalue weighted by Gasteiger charge is 2.26. The van der Waals surface area contributed by atoms with Crippen molar-refractivity contribution in [2.75, 3.05) is 0 Å². The Morgan fingerprint density at radius 3 is 2.31 bits per heavy atom. The summed E-state index contributed by atoms with van der Waals surface area (Å²) in [5.41, 5.74) is 0.507. The van der Waals surface area contributed by atoms with Crippen molar-refractivity contribution in [2.24, 2.45) is 5.92 Å². The highest BCUT2D eigenvalue weighted by atomic mass is 79.9. The lowest BCUT2D eigenvalue weighted by Gasteiger charge is -2.09. The van der Waals surface area contributed by atoms with E-state index in [1.54, 1.807) is 31.2 Å². The molecule has 0 N–H and O–H groups in total. The Hall–Kier alpha value is -0.680. The summed E-state index contributed by atoms with van der Waals surface area (Å²) in [4.78, 5) is 23.3. The minimum Gasteiger partial charge on any atom is -0.383 e. The quantitative estimate of drug-likeness (QED) is 0.617.